The van der Waals surface area contributed by atoms with Crippen LogP contribution in [0.25, 0.3) is 11.1 Å². The quantitative estimate of drug-likeness (QED) is 0.662. The number of alkyl halides is 2. The average Bonchev–Trinajstić information content (AvgIpc) is 3.26. The Bertz CT molecular complexity index is 1150. The van der Waals surface area contributed by atoms with Gasteiger partial charge in [-0.2, -0.15) is 8.78 Å². The molecule has 1 aromatic carbocycles. The van der Waals surface area contributed by atoms with Crippen molar-refractivity contribution in [2.75, 3.05) is 11.9 Å². The molecule has 4 rings (SSSR count). The number of aryl methyl sites for hydroxylation is 1. The summed E-state index contributed by atoms with van der Waals surface area (Å²) in [5.41, 5.74) is 4.65. The molecule has 1 N–H and O–H groups in total. The zero-order valence-corrected chi connectivity index (χ0v) is 17.1. The van der Waals surface area contributed by atoms with Gasteiger partial charge in [-0.05, 0) is 47.4 Å². The molecule has 0 fully saturated rings. The van der Waals surface area contributed by atoms with E-state index in [2.05, 4.69) is 16.4 Å². The Morgan fingerprint density at radius 2 is 2.00 bits per heavy atom. The van der Waals surface area contributed by atoms with Gasteiger partial charge in [-0.1, -0.05) is 6.07 Å². The molecule has 0 saturated heterocycles. The average molecular weight is 425 g/mol. The van der Waals surface area contributed by atoms with Gasteiger partial charge in [-0.3, -0.25) is 14.6 Å². The SMILES string of the molecule is CN1C(=O)CCc2cc(-c3cncc(CNC(=O)c4coc(C(C)(F)F)c4)c3)ccc21. The van der Waals surface area contributed by atoms with Gasteiger partial charge in [0.1, 0.15) is 6.26 Å². The van der Waals surface area contributed by atoms with Gasteiger partial charge in [-0.15, -0.1) is 0 Å². The summed E-state index contributed by atoms with van der Waals surface area (Å²) in [5.74, 6) is -4.10. The second kappa shape index (κ2) is 7.94. The van der Waals surface area contributed by atoms with E-state index in [1.54, 1.807) is 24.3 Å². The molecule has 3 heterocycles. The predicted octanol–water partition coefficient (Wildman–Crippen LogP) is 4.29. The molecule has 0 saturated carbocycles. The van der Waals surface area contributed by atoms with Crippen molar-refractivity contribution < 1.29 is 22.8 Å². The van der Waals surface area contributed by atoms with Crippen LogP contribution in [-0.4, -0.2) is 23.8 Å². The number of fused-ring (bicyclic) bond motifs is 1. The highest BCUT2D eigenvalue weighted by molar-refractivity contribution is 5.96. The van der Waals surface area contributed by atoms with Crippen molar-refractivity contribution in [3.05, 3.63) is 71.4 Å². The van der Waals surface area contributed by atoms with Crippen LogP contribution in [0, 0.1) is 0 Å². The fourth-order valence-electron chi connectivity index (χ4n) is 3.55. The molecule has 160 valence electrons. The van der Waals surface area contributed by atoms with Crippen LogP contribution in [0.4, 0.5) is 14.5 Å². The highest BCUT2D eigenvalue weighted by Crippen LogP contribution is 2.31. The van der Waals surface area contributed by atoms with Crippen LogP contribution >= 0.6 is 0 Å². The number of benzene rings is 1. The van der Waals surface area contributed by atoms with E-state index in [1.807, 2.05) is 18.2 Å². The number of furan rings is 1. The Kier molecular flexibility index (Phi) is 5.31. The van der Waals surface area contributed by atoms with E-state index in [-0.39, 0.29) is 18.0 Å². The van der Waals surface area contributed by atoms with Crippen molar-refractivity contribution in [1.29, 1.82) is 0 Å². The lowest BCUT2D eigenvalue weighted by atomic mass is 9.96. The second-order valence-corrected chi connectivity index (χ2v) is 7.65. The number of hydrogen-bond donors (Lipinski definition) is 1. The first-order valence-corrected chi connectivity index (χ1v) is 9.81. The van der Waals surface area contributed by atoms with Crippen LogP contribution in [0.15, 0.2) is 53.4 Å². The van der Waals surface area contributed by atoms with Gasteiger partial charge in [-0.25, -0.2) is 0 Å². The highest BCUT2D eigenvalue weighted by Gasteiger charge is 2.29. The number of aromatic nitrogens is 1. The van der Waals surface area contributed by atoms with Gasteiger partial charge < -0.3 is 14.6 Å². The van der Waals surface area contributed by atoms with E-state index in [0.29, 0.717) is 19.8 Å². The molecule has 2 aromatic heterocycles. The summed E-state index contributed by atoms with van der Waals surface area (Å²) in [6, 6.07) is 8.86. The summed E-state index contributed by atoms with van der Waals surface area (Å²) >= 11 is 0. The van der Waals surface area contributed by atoms with Crippen LogP contribution in [0.2, 0.25) is 0 Å². The standard InChI is InChI=1S/C23H21F2N3O3/c1-23(24,25)20-9-18(13-31-20)22(30)27-11-14-7-17(12-26-10-14)15-3-5-19-16(8-15)4-6-21(29)28(19)2/h3,5,7-10,12-13H,4,6,11H2,1-2H3,(H,27,30). The Morgan fingerprint density at radius 3 is 2.74 bits per heavy atom. The zero-order chi connectivity index (χ0) is 22.2. The number of nitrogens with one attached hydrogen (secondary N) is 1. The molecular formula is C23H21F2N3O3. The van der Waals surface area contributed by atoms with Crippen molar-refractivity contribution >= 4 is 17.5 Å². The summed E-state index contributed by atoms with van der Waals surface area (Å²) in [4.78, 5) is 30.1. The lowest BCUT2D eigenvalue weighted by molar-refractivity contribution is -0.118. The molecular weight excluding hydrogens is 404 g/mol. The molecule has 3 aromatic rings. The van der Waals surface area contributed by atoms with Crippen molar-refractivity contribution in [3.63, 3.8) is 0 Å². The molecule has 0 aliphatic carbocycles. The topological polar surface area (TPSA) is 75.4 Å². The van der Waals surface area contributed by atoms with Crippen molar-refractivity contribution in [2.24, 2.45) is 0 Å². The Hall–Kier alpha value is -3.55. The lowest BCUT2D eigenvalue weighted by Crippen LogP contribution is -2.30. The highest BCUT2D eigenvalue weighted by atomic mass is 19.3. The number of anilines is 1. The summed E-state index contributed by atoms with van der Waals surface area (Å²) in [5, 5.41) is 2.69. The first kappa shape index (κ1) is 20.7. The largest absolute Gasteiger partial charge is 0.462 e. The number of nitrogens with zero attached hydrogens (tertiary/aromatic N) is 2. The number of rotatable bonds is 5. The minimum Gasteiger partial charge on any atom is -0.462 e. The maximum absolute atomic E-state index is 13.3. The van der Waals surface area contributed by atoms with E-state index in [1.165, 1.54) is 0 Å². The molecule has 0 radical (unpaired) electrons. The van der Waals surface area contributed by atoms with Crippen molar-refractivity contribution in [2.45, 2.75) is 32.2 Å². The van der Waals surface area contributed by atoms with E-state index in [9.17, 15) is 18.4 Å². The first-order valence-electron chi connectivity index (χ1n) is 9.81. The maximum atomic E-state index is 13.3. The minimum absolute atomic E-state index is 0.0361. The molecule has 1 aliphatic heterocycles. The van der Waals surface area contributed by atoms with E-state index in [0.717, 1.165) is 40.3 Å². The van der Waals surface area contributed by atoms with Crippen LogP contribution in [-0.2, 0) is 23.7 Å². The summed E-state index contributed by atoms with van der Waals surface area (Å²) in [6.45, 7) is 0.895. The summed E-state index contributed by atoms with van der Waals surface area (Å²) < 4.78 is 31.4. The van der Waals surface area contributed by atoms with Gasteiger partial charge >= 0.3 is 5.92 Å². The van der Waals surface area contributed by atoms with Gasteiger partial charge in [0.15, 0.2) is 5.76 Å². The predicted molar refractivity (Wildman–Crippen MR) is 111 cm³/mol. The molecule has 31 heavy (non-hydrogen) atoms. The van der Waals surface area contributed by atoms with Crippen LogP contribution in [0.1, 0.15) is 40.6 Å². The van der Waals surface area contributed by atoms with E-state index in [4.69, 9.17) is 4.42 Å². The molecule has 8 heteroatoms. The summed E-state index contributed by atoms with van der Waals surface area (Å²) in [7, 11) is 1.77. The number of carbonyl (C=O) groups excluding carboxylic acids is 2. The number of pyridine rings is 1. The third-order valence-corrected chi connectivity index (χ3v) is 5.30. The van der Waals surface area contributed by atoms with Gasteiger partial charge in [0, 0.05) is 50.6 Å². The fraction of sp³-hybridized carbons (Fsp3) is 0.261. The van der Waals surface area contributed by atoms with Crippen LogP contribution in [0.5, 0.6) is 0 Å². The van der Waals surface area contributed by atoms with Crippen molar-refractivity contribution in [1.82, 2.24) is 10.3 Å². The zero-order valence-electron chi connectivity index (χ0n) is 17.1. The Morgan fingerprint density at radius 1 is 1.19 bits per heavy atom. The molecule has 0 atom stereocenters. The van der Waals surface area contributed by atoms with E-state index < -0.39 is 17.6 Å². The number of hydrogen-bond acceptors (Lipinski definition) is 4. The Labute approximate surface area is 177 Å². The number of halogens is 2. The third-order valence-electron chi connectivity index (χ3n) is 5.30. The first-order chi connectivity index (χ1) is 14.7. The number of carbonyl (C=O) groups is 2. The van der Waals surface area contributed by atoms with Crippen molar-refractivity contribution in [3.8, 4) is 11.1 Å². The normalized spacial score (nSPS) is 13.8. The maximum Gasteiger partial charge on any atom is 0.301 e. The molecule has 6 nitrogen and oxygen atoms in total. The molecule has 0 spiro atoms. The molecule has 1 aliphatic rings. The molecule has 0 unspecified atom stereocenters. The van der Waals surface area contributed by atoms with Gasteiger partial charge in [0.05, 0.1) is 5.56 Å². The smallest absolute Gasteiger partial charge is 0.301 e. The second-order valence-electron chi connectivity index (χ2n) is 7.65. The third kappa shape index (κ3) is 4.33. The van der Waals surface area contributed by atoms with Gasteiger partial charge in [0.25, 0.3) is 5.91 Å². The monoisotopic (exact) mass is 425 g/mol. The summed E-state index contributed by atoms with van der Waals surface area (Å²) in [6.07, 6.45) is 5.56. The fourth-order valence-corrected chi connectivity index (χ4v) is 3.55. The molecule has 2 amide bonds. The lowest BCUT2D eigenvalue weighted by Gasteiger charge is -2.26. The van der Waals surface area contributed by atoms with E-state index >= 15 is 0 Å². The molecule has 0 bridgehead atoms. The van der Waals surface area contributed by atoms with Gasteiger partial charge in [0.2, 0.25) is 5.91 Å². The Balaban J connectivity index is 1.47. The minimum atomic E-state index is -3.15. The number of amides is 2. The van der Waals surface area contributed by atoms with Crippen LogP contribution in [0.3, 0.4) is 0 Å². The van der Waals surface area contributed by atoms with Crippen LogP contribution < -0.4 is 10.2 Å².